The number of ether oxygens (including phenoxy) is 2. The molecule has 0 saturated carbocycles. The van der Waals surface area contributed by atoms with Crippen molar-refractivity contribution in [3.8, 4) is 5.75 Å². The molecule has 1 N–H and O–H groups in total. The molecule has 21 heavy (non-hydrogen) atoms. The van der Waals surface area contributed by atoms with Crippen molar-refractivity contribution in [2.45, 2.75) is 20.3 Å². The molecule has 1 fully saturated rings. The van der Waals surface area contributed by atoms with Crippen LogP contribution in [0.15, 0.2) is 35.9 Å². The molecule has 1 atom stereocenters. The van der Waals surface area contributed by atoms with Crippen molar-refractivity contribution in [3.63, 3.8) is 0 Å². The van der Waals surface area contributed by atoms with Crippen LogP contribution >= 0.6 is 0 Å². The van der Waals surface area contributed by atoms with Gasteiger partial charge in [0.1, 0.15) is 12.4 Å². The highest BCUT2D eigenvalue weighted by Gasteiger charge is 2.16. The van der Waals surface area contributed by atoms with E-state index in [1.807, 2.05) is 32.1 Å². The van der Waals surface area contributed by atoms with Gasteiger partial charge in [-0.05, 0) is 44.5 Å². The van der Waals surface area contributed by atoms with E-state index in [1.165, 1.54) is 5.57 Å². The molecule has 4 nitrogen and oxygen atoms in total. The molecule has 1 aliphatic rings. The van der Waals surface area contributed by atoms with Crippen molar-refractivity contribution in [2.75, 3.05) is 26.4 Å². The fraction of sp³-hybridized carbons (Fsp3) is 0.471. The van der Waals surface area contributed by atoms with E-state index in [4.69, 9.17) is 9.47 Å². The van der Waals surface area contributed by atoms with Gasteiger partial charge in [-0.2, -0.15) is 0 Å². The Hall–Kier alpha value is -1.81. The Kier molecular flexibility index (Phi) is 5.81. The lowest BCUT2D eigenvalue weighted by molar-refractivity contribution is 0.0944. The molecule has 0 unspecified atom stereocenters. The second-order valence-corrected chi connectivity index (χ2v) is 5.56. The van der Waals surface area contributed by atoms with E-state index in [1.54, 1.807) is 12.1 Å². The molecule has 114 valence electrons. The van der Waals surface area contributed by atoms with Gasteiger partial charge in [-0.1, -0.05) is 11.6 Å². The van der Waals surface area contributed by atoms with E-state index < -0.39 is 0 Å². The zero-order valence-electron chi connectivity index (χ0n) is 12.7. The van der Waals surface area contributed by atoms with Crippen molar-refractivity contribution in [2.24, 2.45) is 5.92 Å². The molecule has 1 aliphatic heterocycles. The summed E-state index contributed by atoms with van der Waals surface area (Å²) in [5, 5.41) is 2.96. The zero-order valence-corrected chi connectivity index (χ0v) is 12.7. The largest absolute Gasteiger partial charge is 0.490 e. The molecule has 1 heterocycles. The van der Waals surface area contributed by atoms with Gasteiger partial charge in [0.05, 0.1) is 6.61 Å². The Morgan fingerprint density at radius 3 is 3.05 bits per heavy atom. The summed E-state index contributed by atoms with van der Waals surface area (Å²) in [6.07, 6.45) is 3.03. The Labute approximate surface area is 126 Å². The maximum atomic E-state index is 12.1. The number of hydrogen-bond donors (Lipinski definition) is 1. The predicted octanol–water partition coefficient (Wildman–Crippen LogP) is 2.80. The molecular weight excluding hydrogens is 266 g/mol. The first-order valence-electron chi connectivity index (χ1n) is 7.37. The van der Waals surface area contributed by atoms with Crippen molar-refractivity contribution in [1.29, 1.82) is 0 Å². The fourth-order valence-electron chi connectivity index (χ4n) is 2.12. The SMILES string of the molecule is CC(C)=CCOc1cccc(C(=O)NC[C@H]2CCOC2)c1. The number of carbonyl (C=O) groups excluding carboxylic acids is 1. The lowest BCUT2D eigenvalue weighted by atomic mass is 10.1. The summed E-state index contributed by atoms with van der Waals surface area (Å²) in [5.41, 5.74) is 1.84. The normalized spacial score (nSPS) is 17.3. The standard InChI is InChI=1S/C17H23NO3/c1-13(2)6-9-21-16-5-3-4-15(10-16)17(19)18-11-14-7-8-20-12-14/h3-6,10,14H,7-9,11-12H2,1-2H3,(H,18,19)/t14-/m1/s1. The van der Waals surface area contributed by atoms with Crippen LogP contribution in [-0.2, 0) is 4.74 Å². The number of hydrogen-bond acceptors (Lipinski definition) is 3. The number of carbonyl (C=O) groups is 1. The quantitative estimate of drug-likeness (QED) is 0.819. The van der Waals surface area contributed by atoms with E-state index in [9.17, 15) is 4.79 Å². The van der Waals surface area contributed by atoms with Crippen LogP contribution in [0.3, 0.4) is 0 Å². The van der Waals surface area contributed by atoms with Crippen molar-refractivity contribution >= 4 is 5.91 Å². The van der Waals surface area contributed by atoms with E-state index >= 15 is 0 Å². The summed E-state index contributed by atoms with van der Waals surface area (Å²) in [5.74, 6) is 1.09. The van der Waals surface area contributed by atoms with Crippen LogP contribution < -0.4 is 10.1 Å². The monoisotopic (exact) mass is 289 g/mol. The third-order valence-electron chi connectivity index (χ3n) is 3.41. The topological polar surface area (TPSA) is 47.6 Å². The molecule has 0 aromatic heterocycles. The van der Waals surface area contributed by atoms with Gasteiger partial charge in [0, 0.05) is 24.6 Å². The van der Waals surface area contributed by atoms with Crippen molar-refractivity contribution in [1.82, 2.24) is 5.32 Å². The van der Waals surface area contributed by atoms with E-state index in [-0.39, 0.29) is 5.91 Å². The molecule has 0 bridgehead atoms. The Morgan fingerprint density at radius 1 is 1.48 bits per heavy atom. The maximum Gasteiger partial charge on any atom is 0.251 e. The number of rotatable bonds is 6. The van der Waals surface area contributed by atoms with Crippen LogP contribution in [0.4, 0.5) is 0 Å². The highest BCUT2D eigenvalue weighted by molar-refractivity contribution is 5.94. The van der Waals surface area contributed by atoms with Crippen LogP contribution in [0.2, 0.25) is 0 Å². The number of nitrogens with one attached hydrogen (secondary N) is 1. The minimum Gasteiger partial charge on any atom is -0.490 e. The van der Waals surface area contributed by atoms with Crippen LogP contribution in [0.1, 0.15) is 30.6 Å². The summed E-state index contributed by atoms with van der Waals surface area (Å²) < 4.78 is 10.9. The van der Waals surface area contributed by atoms with Gasteiger partial charge in [-0.15, -0.1) is 0 Å². The third kappa shape index (κ3) is 5.23. The summed E-state index contributed by atoms with van der Waals surface area (Å²) in [6, 6.07) is 7.28. The lowest BCUT2D eigenvalue weighted by Crippen LogP contribution is -2.29. The summed E-state index contributed by atoms with van der Waals surface area (Å²) in [4.78, 5) is 12.1. The highest BCUT2D eigenvalue weighted by atomic mass is 16.5. The minimum atomic E-state index is -0.0606. The van der Waals surface area contributed by atoms with Crippen LogP contribution in [0, 0.1) is 5.92 Å². The molecule has 0 spiro atoms. The van der Waals surface area contributed by atoms with E-state index in [2.05, 4.69) is 5.32 Å². The van der Waals surface area contributed by atoms with Crippen LogP contribution in [0.5, 0.6) is 5.75 Å². The third-order valence-corrected chi connectivity index (χ3v) is 3.41. The van der Waals surface area contributed by atoms with Crippen molar-refractivity contribution < 1.29 is 14.3 Å². The summed E-state index contributed by atoms with van der Waals surface area (Å²) in [7, 11) is 0. The highest BCUT2D eigenvalue weighted by Crippen LogP contribution is 2.14. The van der Waals surface area contributed by atoms with Gasteiger partial charge < -0.3 is 14.8 Å². The molecule has 4 heteroatoms. The van der Waals surface area contributed by atoms with Gasteiger partial charge in [0.2, 0.25) is 0 Å². The molecule has 1 aromatic rings. The molecule has 2 rings (SSSR count). The first-order chi connectivity index (χ1) is 10.1. The van der Waals surface area contributed by atoms with Gasteiger partial charge in [0.15, 0.2) is 0 Å². The predicted molar refractivity (Wildman–Crippen MR) is 82.6 cm³/mol. The summed E-state index contributed by atoms with van der Waals surface area (Å²) >= 11 is 0. The maximum absolute atomic E-state index is 12.1. The minimum absolute atomic E-state index is 0.0606. The van der Waals surface area contributed by atoms with E-state index in [0.29, 0.717) is 30.4 Å². The first-order valence-corrected chi connectivity index (χ1v) is 7.37. The average molecular weight is 289 g/mol. The molecule has 0 radical (unpaired) electrons. The van der Waals surface area contributed by atoms with Gasteiger partial charge in [0.25, 0.3) is 5.91 Å². The number of allylic oxidation sites excluding steroid dienone is 1. The molecular formula is C17H23NO3. The zero-order chi connectivity index (χ0) is 15.1. The second kappa shape index (κ2) is 7.84. The average Bonchev–Trinajstić information content (AvgIpc) is 2.98. The fourth-order valence-corrected chi connectivity index (χ4v) is 2.12. The molecule has 0 aliphatic carbocycles. The number of benzene rings is 1. The van der Waals surface area contributed by atoms with Gasteiger partial charge in [-0.3, -0.25) is 4.79 Å². The Balaban J connectivity index is 1.86. The van der Waals surface area contributed by atoms with Crippen LogP contribution in [-0.4, -0.2) is 32.3 Å². The lowest BCUT2D eigenvalue weighted by Gasteiger charge is -2.10. The summed E-state index contributed by atoms with van der Waals surface area (Å²) in [6.45, 7) is 6.79. The Morgan fingerprint density at radius 2 is 2.33 bits per heavy atom. The van der Waals surface area contributed by atoms with Gasteiger partial charge >= 0.3 is 0 Å². The molecule has 1 aromatic carbocycles. The second-order valence-electron chi connectivity index (χ2n) is 5.56. The Bertz CT molecular complexity index is 501. The van der Waals surface area contributed by atoms with Crippen molar-refractivity contribution in [3.05, 3.63) is 41.5 Å². The number of amides is 1. The smallest absolute Gasteiger partial charge is 0.251 e. The molecule has 1 amide bonds. The first kappa shape index (κ1) is 15.6. The molecule has 1 saturated heterocycles. The van der Waals surface area contributed by atoms with Crippen LogP contribution in [0.25, 0.3) is 0 Å². The van der Waals surface area contributed by atoms with Gasteiger partial charge in [-0.25, -0.2) is 0 Å². The van der Waals surface area contributed by atoms with E-state index in [0.717, 1.165) is 19.6 Å².